The molecule has 8 heteroatoms. The van der Waals surface area contributed by atoms with Crippen molar-refractivity contribution in [2.75, 3.05) is 5.32 Å². The molecule has 1 N–H and O–H groups in total. The topological polar surface area (TPSA) is 55.4 Å². The van der Waals surface area contributed by atoms with Crippen LogP contribution in [-0.2, 0) is 11.0 Å². The minimum absolute atomic E-state index is 0.0238. The van der Waals surface area contributed by atoms with Gasteiger partial charge in [-0.3, -0.25) is 9.59 Å². The standard InChI is InChI=1S/C16H11BrF3NO3/c1-9(22)24-14-5-3-2-4-11(14)15(23)21-10-6-7-13(17)12(8-10)16(18,19)20/h2-8H,1H3,(H,21,23). The number of esters is 1. The summed E-state index contributed by atoms with van der Waals surface area (Å²) in [4.78, 5) is 23.3. The van der Waals surface area contributed by atoms with Crippen LogP contribution in [0.25, 0.3) is 0 Å². The van der Waals surface area contributed by atoms with Gasteiger partial charge in [0.15, 0.2) is 0 Å². The molecular formula is C16H11BrF3NO3. The monoisotopic (exact) mass is 401 g/mol. The van der Waals surface area contributed by atoms with Gasteiger partial charge in [-0.15, -0.1) is 0 Å². The Hall–Kier alpha value is -2.35. The van der Waals surface area contributed by atoms with Crippen LogP contribution >= 0.6 is 15.9 Å². The minimum Gasteiger partial charge on any atom is -0.426 e. The van der Waals surface area contributed by atoms with Crippen LogP contribution in [0, 0.1) is 0 Å². The second-order valence-corrected chi connectivity index (χ2v) is 5.59. The van der Waals surface area contributed by atoms with Gasteiger partial charge in [0.05, 0.1) is 11.1 Å². The lowest BCUT2D eigenvalue weighted by atomic mass is 10.1. The molecule has 0 aromatic heterocycles. The van der Waals surface area contributed by atoms with E-state index in [1.807, 2.05) is 0 Å². The molecular weight excluding hydrogens is 391 g/mol. The smallest absolute Gasteiger partial charge is 0.417 e. The van der Waals surface area contributed by atoms with Crippen molar-refractivity contribution in [2.45, 2.75) is 13.1 Å². The molecule has 0 bridgehead atoms. The molecule has 0 aliphatic carbocycles. The van der Waals surface area contributed by atoms with Crippen LogP contribution < -0.4 is 10.1 Å². The SMILES string of the molecule is CC(=O)Oc1ccccc1C(=O)Nc1ccc(Br)c(C(F)(F)F)c1. The molecule has 0 saturated carbocycles. The maximum absolute atomic E-state index is 12.9. The Kier molecular flexibility index (Phi) is 5.28. The van der Waals surface area contributed by atoms with E-state index in [4.69, 9.17) is 4.74 Å². The molecule has 0 radical (unpaired) electrons. The molecule has 0 unspecified atom stereocenters. The van der Waals surface area contributed by atoms with E-state index in [1.165, 1.54) is 31.2 Å². The second-order valence-electron chi connectivity index (χ2n) is 4.74. The van der Waals surface area contributed by atoms with Crippen LogP contribution in [0.15, 0.2) is 46.9 Å². The molecule has 4 nitrogen and oxygen atoms in total. The van der Waals surface area contributed by atoms with Crippen LogP contribution in [0.1, 0.15) is 22.8 Å². The molecule has 0 heterocycles. The Bertz CT molecular complexity index is 790. The quantitative estimate of drug-likeness (QED) is 0.601. The first-order valence-electron chi connectivity index (χ1n) is 6.64. The van der Waals surface area contributed by atoms with Gasteiger partial charge in [0.25, 0.3) is 5.91 Å². The Balaban J connectivity index is 2.30. The number of hydrogen-bond acceptors (Lipinski definition) is 3. The molecule has 126 valence electrons. The molecule has 0 aliphatic heterocycles. The van der Waals surface area contributed by atoms with Crippen molar-refractivity contribution >= 4 is 33.5 Å². The van der Waals surface area contributed by atoms with Gasteiger partial charge in [-0.2, -0.15) is 13.2 Å². The molecule has 24 heavy (non-hydrogen) atoms. The number of halogens is 4. The Morgan fingerprint density at radius 1 is 1.12 bits per heavy atom. The Labute approximate surface area is 143 Å². The highest BCUT2D eigenvalue weighted by Gasteiger charge is 2.33. The van der Waals surface area contributed by atoms with E-state index in [-0.39, 0.29) is 21.5 Å². The van der Waals surface area contributed by atoms with E-state index in [2.05, 4.69) is 21.2 Å². The van der Waals surface area contributed by atoms with Gasteiger partial charge in [-0.25, -0.2) is 0 Å². The number of para-hydroxylation sites is 1. The molecule has 1 amide bonds. The van der Waals surface area contributed by atoms with E-state index in [9.17, 15) is 22.8 Å². The van der Waals surface area contributed by atoms with Gasteiger partial charge in [-0.05, 0) is 30.3 Å². The summed E-state index contributed by atoms with van der Waals surface area (Å²) >= 11 is 2.83. The third-order valence-electron chi connectivity index (χ3n) is 2.92. The lowest BCUT2D eigenvalue weighted by Gasteiger charge is -2.13. The fraction of sp³-hybridized carbons (Fsp3) is 0.125. The fourth-order valence-electron chi connectivity index (χ4n) is 1.92. The van der Waals surface area contributed by atoms with Crippen molar-refractivity contribution in [3.05, 3.63) is 58.1 Å². The van der Waals surface area contributed by atoms with Gasteiger partial charge >= 0.3 is 12.1 Å². The number of rotatable bonds is 3. The Morgan fingerprint density at radius 3 is 2.42 bits per heavy atom. The van der Waals surface area contributed by atoms with Crippen LogP contribution in [0.2, 0.25) is 0 Å². The van der Waals surface area contributed by atoms with Gasteiger partial charge in [0, 0.05) is 17.1 Å². The summed E-state index contributed by atoms with van der Waals surface area (Å²) in [5.74, 6) is -1.28. The summed E-state index contributed by atoms with van der Waals surface area (Å²) in [6.45, 7) is 1.18. The third kappa shape index (κ3) is 4.35. The summed E-state index contributed by atoms with van der Waals surface area (Å²) < 4.78 is 43.5. The predicted octanol–water partition coefficient (Wildman–Crippen LogP) is 4.65. The number of nitrogens with one attached hydrogen (secondary N) is 1. The maximum atomic E-state index is 12.9. The first-order valence-corrected chi connectivity index (χ1v) is 7.43. The number of carbonyl (C=O) groups excluding carboxylic acids is 2. The largest absolute Gasteiger partial charge is 0.426 e. The average Bonchev–Trinajstić information content (AvgIpc) is 2.48. The maximum Gasteiger partial charge on any atom is 0.417 e. The Morgan fingerprint density at radius 2 is 1.79 bits per heavy atom. The van der Waals surface area contributed by atoms with Crippen molar-refractivity contribution in [1.82, 2.24) is 0 Å². The van der Waals surface area contributed by atoms with E-state index in [0.717, 1.165) is 6.07 Å². The molecule has 0 aliphatic rings. The zero-order valence-corrected chi connectivity index (χ0v) is 13.9. The molecule has 0 spiro atoms. The first-order chi connectivity index (χ1) is 11.2. The highest BCUT2D eigenvalue weighted by molar-refractivity contribution is 9.10. The summed E-state index contributed by atoms with van der Waals surface area (Å²) in [6.07, 6.45) is -4.56. The van der Waals surface area contributed by atoms with E-state index >= 15 is 0 Å². The van der Waals surface area contributed by atoms with Crippen molar-refractivity contribution in [3.8, 4) is 5.75 Å². The molecule has 2 rings (SSSR count). The number of carbonyl (C=O) groups is 2. The fourth-order valence-corrected chi connectivity index (χ4v) is 2.39. The van der Waals surface area contributed by atoms with Crippen LogP contribution in [-0.4, -0.2) is 11.9 Å². The third-order valence-corrected chi connectivity index (χ3v) is 3.61. The first kappa shape index (κ1) is 18.0. The van der Waals surface area contributed by atoms with E-state index in [1.54, 1.807) is 12.1 Å². The van der Waals surface area contributed by atoms with E-state index in [0.29, 0.717) is 0 Å². The highest BCUT2D eigenvalue weighted by atomic mass is 79.9. The summed E-state index contributed by atoms with van der Waals surface area (Å²) in [5.41, 5.74) is -0.911. The number of hydrogen-bond donors (Lipinski definition) is 1. The average molecular weight is 402 g/mol. The summed E-state index contributed by atoms with van der Waals surface area (Å²) in [5, 5.41) is 2.36. The van der Waals surface area contributed by atoms with Gasteiger partial charge in [-0.1, -0.05) is 28.1 Å². The highest BCUT2D eigenvalue weighted by Crippen LogP contribution is 2.36. The number of alkyl halides is 3. The van der Waals surface area contributed by atoms with Crippen LogP contribution in [0.5, 0.6) is 5.75 Å². The van der Waals surface area contributed by atoms with Crippen LogP contribution in [0.4, 0.5) is 18.9 Å². The zero-order valence-electron chi connectivity index (χ0n) is 12.3. The molecule has 0 atom stereocenters. The molecule has 2 aromatic carbocycles. The zero-order chi connectivity index (χ0) is 17.9. The lowest BCUT2D eigenvalue weighted by Crippen LogP contribution is -2.15. The summed E-state index contributed by atoms with van der Waals surface area (Å²) in [6, 6.07) is 9.26. The van der Waals surface area contributed by atoms with Crippen molar-refractivity contribution in [1.29, 1.82) is 0 Å². The number of amides is 1. The van der Waals surface area contributed by atoms with Gasteiger partial charge in [0.1, 0.15) is 5.75 Å². The summed E-state index contributed by atoms with van der Waals surface area (Å²) in [7, 11) is 0. The number of ether oxygens (including phenoxy) is 1. The van der Waals surface area contributed by atoms with Gasteiger partial charge < -0.3 is 10.1 Å². The lowest BCUT2D eigenvalue weighted by molar-refractivity contribution is -0.138. The van der Waals surface area contributed by atoms with Crippen molar-refractivity contribution < 1.29 is 27.5 Å². The molecule has 0 saturated heterocycles. The number of benzene rings is 2. The molecule has 0 fully saturated rings. The minimum atomic E-state index is -4.56. The van der Waals surface area contributed by atoms with Crippen molar-refractivity contribution in [3.63, 3.8) is 0 Å². The normalized spacial score (nSPS) is 11.0. The van der Waals surface area contributed by atoms with E-state index < -0.39 is 23.6 Å². The number of anilines is 1. The van der Waals surface area contributed by atoms with Crippen LogP contribution in [0.3, 0.4) is 0 Å². The predicted molar refractivity (Wildman–Crippen MR) is 84.8 cm³/mol. The second kappa shape index (κ2) is 7.04. The van der Waals surface area contributed by atoms with Gasteiger partial charge in [0.2, 0.25) is 0 Å². The van der Waals surface area contributed by atoms with Crippen molar-refractivity contribution in [2.24, 2.45) is 0 Å². The molecule has 2 aromatic rings.